The number of rotatable bonds is 8. The average Bonchev–Trinajstić information content (AvgIpc) is 2.34. The standard InChI is InChI=1S/C15H24O3/c1-12-4-5-14(10-13(12)2)11-15(16)6-7-18-9-8-17-3/h4-5,10,15-16H,6-9,11H2,1-3H3. The number of ether oxygens (including phenoxy) is 2. The fourth-order valence-corrected chi connectivity index (χ4v) is 1.77. The van der Waals surface area contributed by atoms with Crippen LogP contribution in [0.15, 0.2) is 18.2 Å². The van der Waals surface area contributed by atoms with E-state index in [2.05, 4.69) is 32.0 Å². The Hall–Kier alpha value is -0.900. The van der Waals surface area contributed by atoms with Crippen LogP contribution in [0, 0.1) is 13.8 Å². The van der Waals surface area contributed by atoms with Crippen molar-refractivity contribution in [3.8, 4) is 0 Å². The lowest BCUT2D eigenvalue weighted by atomic mass is 10.0. The smallest absolute Gasteiger partial charge is 0.0700 e. The van der Waals surface area contributed by atoms with Crippen molar-refractivity contribution in [3.05, 3.63) is 34.9 Å². The lowest BCUT2D eigenvalue weighted by Crippen LogP contribution is -2.15. The first-order valence-electron chi connectivity index (χ1n) is 6.44. The molecule has 0 saturated heterocycles. The molecule has 18 heavy (non-hydrogen) atoms. The van der Waals surface area contributed by atoms with Crippen LogP contribution >= 0.6 is 0 Å². The van der Waals surface area contributed by atoms with E-state index in [0.717, 1.165) is 0 Å². The minimum Gasteiger partial charge on any atom is -0.393 e. The van der Waals surface area contributed by atoms with Gasteiger partial charge in [-0.15, -0.1) is 0 Å². The summed E-state index contributed by atoms with van der Waals surface area (Å²) in [5.74, 6) is 0. The van der Waals surface area contributed by atoms with E-state index in [1.165, 1.54) is 16.7 Å². The Morgan fingerprint density at radius 2 is 1.89 bits per heavy atom. The zero-order valence-electron chi connectivity index (χ0n) is 11.6. The predicted octanol–water partition coefficient (Wildman–Crippen LogP) is 2.26. The van der Waals surface area contributed by atoms with E-state index in [1.54, 1.807) is 7.11 Å². The second-order valence-electron chi connectivity index (χ2n) is 4.67. The maximum Gasteiger partial charge on any atom is 0.0700 e. The SMILES string of the molecule is COCCOCCC(O)Cc1ccc(C)c(C)c1. The van der Waals surface area contributed by atoms with E-state index in [4.69, 9.17) is 9.47 Å². The maximum absolute atomic E-state index is 9.91. The second-order valence-corrected chi connectivity index (χ2v) is 4.67. The average molecular weight is 252 g/mol. The van der Waals surface area contributed by atoms with Gasteiger partial charge in [-0.1, -0.05) is 18.2 Å². The molecule has 0 fully saturated rings. The van der Waals surface area contributed by atoms with E-state index < -0.39 is 0 Å². The van der Waals surface area contributed by atoms with E-state index in [0.29, 0.717) is 32.7 Å². The third kappa shape index (κ3) is 5.63. The van der Waals surface area contributed by atoms with Crippen LogP contribution < -0.4 is 0 Å². The highest BCUT2D eigenvalue weighted by Gasteiger charge is 2.06. The van der Waals surface area contributed by atoms with Gasteiger partial charge in [0.2, 0.25) is 0 Å². The quantitative estimate of drug-likeness (QED) is 0.721. The number of aliphatic hydroxyl groups excluding tert-OH is 1. The molecule has 0 saturated carbocycles. The van der Waals surface area contributed by atoms with Crippen molar-refractivity contribution in [3.63, 3.8) is 0 Å². The molecule has 3 nitrogen and oxygen atoms in total. The number of hydrogen-bond donors (Lipinski definition) is 1. The molecular formula is C15H24O3. The minimum absolute atomic E-state index is 0.338. The highest BCUT2D eigenvalue weighted by molar-refractivity contribution is 5.30. The van der Waals surface area contributed by atoms with Gasteiger partial charge in [-0.05, 0) is 43.4 Å². The molecule has 0 radical (unpaired) electrons. The first-order valence-corrected chi connectivity index (χ1v) is 6.44. The molecule has 0 aliphatic heterocycles. The van der Waals surface area contributed by atoms with Crippen molar-refractivity contribution in [1.29, 1.82) is 0 Å². The molecule has 0 amide bonds. The summed E-state index contributed by atoms with van der Waals surface area (Å²) in [5.41, 5.74) is 3.75. The number of methoxy groups -OCH3 is 1. The molecule has 1 aromatic carbocycles. The number of hydrogen-bond acceptors (Lipinski definition) is 3. The largest absolute Gasteiger partial charge is 0.393 e. The summed E-state index contributed by atoms with van der Waals surface area (Å²) in [6, 6.07) is 6.33. The van der Waals surface area contributed by atoms with Crippen molar-refractivity contribution < 1.29 is 14.6 Å². The fraction of sp³-hybridized carbons (Fsp3) is 0.600. The molecule has 3 heteroatoms. The molecule has 0 aromatic heterocycles. The van der Waals surface area contributed by atoms with Crippen LogP contribution in [0.25, 0.3) is 0 Å². The molecule has 1 atom stereocenters. The summed E-state index contributed by atoms with van der Waals surface area (Å²) >= 11 is 0. The van der Waals surface area contributed by atoms with Gasteiger partial charge in [0.15, 0.2) is 0 Å². The van der Waals surface area contributed by atoms with E-state index in [9.17, 15) is 5.11 Å². The van der Waals surface area contributed by atoms with Gasteiger partial charge in [0, 0.05) is 13.7 Å². The minimum atomic E-state index is -0.338. The zero-order chi connectivity index (χ0) is 13.4. The Morgan fingerprint density at radius 1 is 1.11 bits per heavy atom. The Kier molecular flexibility index (Phi) is 6.94. The van der Waals surface area contributed by atoms with Gasteiger partial charge in [0.25, 0.3) is 0 Å². The molecule has 0 aliphatic rings. The lowest BCUT2D eigenvalue weighted by Gasteiger charge is -2.12. The van der Waals surface area contributed by atoms with Gasteiger partial charge in [-0.3, -0.25) is 0 Å². The predicted molar refractivity (Wildman–Crippen MR) is 72.9 cm³/mol. The summed E-state index contributed by atoms with van der Waals surface area (Å²) in [4.78, 5) is 0. The molecule has 0 heterocycles. The first-order chi connectivity index (χ1) is 8.63. The highest BCUT2D eigenvalue weighted by atomic mass is 16.5. The van der Waals surface area contributed by atoms with Crippen molar-refractivity contribution in [2.45, 2.75) is 32.8 Å². The van der Waals surface area contributed by atoms with Crippen LogP contribution in [-0.4, -0.2) is 38.1 Å². The number of aryl methyl sites for hydroxylation is 2. The summed E-state index contributed by atoms with van der Waals surface area (Å²) in [6.07, 6.45) is 1.01. The molecule has 1 aromatic rings. The Morgan fingerprint density at radius 3 is 2.56 bits per heavy atom. The van der Waals surface area contributed by atoms with Crippen LogP contribution in [0.1, 0.15) is 23.1 Å². The monoisotopic (exact) mass is 252 g/mol. The lowest BCUT2D eigenvalue weighted by molar-refractivity contribution is 0.0479. The Balaban J connectivity index is 2.26. The van der Waals surface area contributed by atoms with Gasteiger partial charge in [0.05, 0.1) is 19.3 Å². The Labute approximate surface area is 110 Å². The normalized spacial score (nSPS) is 12.7. The summed E-state index contributed by atoms with van der Waals surface area (Å²) < 4.78 is 10.2. The van der Waals surface area contributed by atoms with Gasteiger partial charge < -0.3 is 14.6 Å². The Bertz CT molecular complexity index is 350. The van der Waals surface area contributed by atoms with E-state index in [1.807, 2.05) is 0 Å². The topological polar surface area (TPSA) is 38.7 Å². The van der Waals surface area contributed by atoms with Crippen LogP contribution in [0.4, 0.5) is 0 Å². The van der Waals surface area contributed by atoms with Crippen LogP contribution in [0.2, 0.25) is 0 Å². The third-order valence-corrected chi connectivity index (χ3v) is 3.07. The van der Waals surface area contributed by atoms with E-state index in [-0.39, 0.29) is 6.10 Å². The third-order valence-electron chi connectivity index (χ3n) is 3.07. The maximum atomic E-state index is 9.91. The van der Waals surface area contributed by atoms with Gasteiger partial charge >= 0.3 is 0 Å². The highest BCUT2D eigenvalue weighted by Crippen LogP contribution is 2.12. The summed E-state index contributed by atoms with van der Waals surface area (Å²) in [7, 11) is 1.65. The van der Waals surface area contributed by atoms with Crippen molar-refractivity contribution >= 4 is 0 Å². The summed E-state index contributed by atoms with van der Waals surface area (Å²) in [5, 5.41) is 9.91. The van der Waals surface area contributed by atoms with E-state index >= 15 is 0 Å². The molecule has 0 bridgehead atoms. The molecule has 1 unspecified atom stereocenters. The molecule has 1 N–H and O–H groups in total. The number of aliphatic hydroxyl groups is 1. The molecule has 1 rings (SSSR count). The van der Waals surface area contributed by atoms with Crippen molar-refractivity contribution in [2.24, 2.45) is 0 Å². The van der Waals surface area contributed by atoms with Gasteiger partial charge in [-0.2, -0.15) is 0 Å². The molecule has 0 aliphatic carbocycles. The van der Waals surface area contributed by atoms with Crippen LogP contribution in [0.5, 0.6) is 0 Å². The second kappa shape index (κ2) is 8.25. The molecule has 102 valence electrons. The van der Waals surface area contributed by atoms with Gasteiger partial charge in [0.1, 0.15) is 0 Å². The number of benzene rings is 1. The first kappa shape index (κ1) is 15.2. The van der Waals surface area contributed by atoms with Crippen molar-refractivity contribution in [1.82, 2.24) is 0 Å². The van der Waals surface area contributed by atoms with Crippen molar-refractivity contribution in [2.75, 3.05) is 26.9 Å². The van der Waals surface area contributed by atoms with Gasteiger partial charge in [-0.25, -0.2) is 0 Å². The molecular weight excluding hydrogens is 228 g/mol. The molecule has 0 spiro atoms. The van der Waals surface area contributed by atoms with Crippen LogP contribution in [-0.2, 0) is 15.9 Å². The van der Waals surface area contributed by atoms with Crippen LogP contribution in [0.3, 0.4) is 0 Å². The zero-order valence-corrected chi connectivity index (χ0v) is 11.6. The fourth-order valence-electron chi connectivity index (χ4n) is 1.77. The summed E-state index contributed by atoms with van der Waals surface area (Å²) in [6.45, 7) is 5.97.